The van der Waals surface area contributed by atoms with Gasteiger partial charge in [0, 0.05) is 0 Å². The molecular formula is C10H26N6O4. The maximum Gasteiger partial charge on any atom is 0.228 e. The Morgan fingerprint density at radius 3 is 1.35 bits per heavy atom. The molecule has 0 aromatic carbocycles. The summed E-state index contributed by atoms with van der Waals surface area (Å²) in [6.45, 7) is 0.958. The molecule has 1 rings (SSSR count). The fraction of sp³-hybridized carbons (Fsp3) is 1.00. The third kappa shape index (κ3) is 5.18. The fourth-order valence-corrected chi connectivity index (χ4v) is 1.45. The molecule has 1 aliphatic heterocycles. The minimum absolute atomic E-state index is 0.176. The van der Waals surface area contributed by atoms with Gasteiger partial charge in [-0.2, -0.15) is 0 Å². The second kappa shape index (κ2) is 7.56. The molecule has 0 aliphatic carbocycles. The molecule has 1 aliphatic rings. The van der Waals surface area contributed by atoms with Crippen LogP contribution in [0, 0.1) is 0 Å². The van der Waals surface area contributed by atoms with E-state index < -0.39 is 24.2 Å². The third-order valence-electron chi connectivity index (χ3n) is 2.81. The lowest BCUT2D eigenvalue weighted by Crippen LogP contribution is -2.78. The zero-order chi connectivity index (χ0) is 15.2. The number of nitrogens with two attached hydrogens (primary N) is 6. The Bertz CT molecular complexity index is 263. The second-order valence-electron chi connectivity index (χ2n) is 4.66. The molecule has 2 unspecified atom stereocenters. The molecule has 0 bridgehead atoms. The normalized spacial score (nSPS) is 33.3. The van der Waals surface area contributed by atoms with Crippen LogP contribution in [-0.4, -0.2) is 50.6 Å². The minimum Gasteiger partial charge on any atom is -0.359 e. The van der Waals surface area contributed by atoms with Gasteiger partial charge in [-0.25, -0.2) is 0 Å². The van der Waals surface area contributed by atoms with Crippen molar-refractivity contribution in [1.29, 1.82) is 0 Å². The zero-order valence-electron chi connectivity index (χ0n) is 11.5. The minimum atomic E-state index is -1.82. The lowest BCUT2D eigenvalue weighted by Gasteiger charge is -2.39. The van der Waals surface area contributed by atoms with Gasteiger partial charge in [0.25, 0.3) is 0 Å². The summed E-state index contributed by atoms with van der Waals surface area (Å²) in [4.78, 5) is 0. The average molecular weight is 294 g/mol. The summed E-state index contributed by atoms with van der Waals surface area (Å²) in [5, 5.41) is 0. The summed E-state index contributed by atoms with van der Waals surface area (Å²) in [7, 11) is 0. The number of hydrogen-bond donors (Lipinski definition) is 6. The first-order valence-corrected chi connectivity index (χ1v) is 6.44. The zero-order valence-corrected chi connectivity index (χ0v) is 11.5. The van der Waals surface area contributed by atoms with E-state index in [-0.39, 0.29) is 13.2 Å². The monoisotopic (exact) mass is 294 g/mol. The average Bonchev–Trinajstić information content (AvgIpc) is 2.36. The van der Waals surface area contributed by atoms with Crippen molar-refractivity contribution in [2.75, 3.05) is 26.4 Å². The van der Waals surface area contributed by atoms with Gasteiger partial charge in [0.2, 0.25) is 11.7 Å². The van der Waals surface area contributed by atoms with Crippen LogP contribution in [0.15, 0.2) is 0 Å². The molecule has 1 fully saturated rings. The van der Waals surface area contributed by atoms with Gasteiger partial charge in [0.05, 0.1) is 26.4 Å². The predicted molar refractivity (Wildman–Crippen MR) is 71.2 cm³/mol. The topological polar surface area (TPSA) is 193 Å². The van der Waals surface area contributed by atoms with Crippen molar-refractivity contribution in [3.63, 3.8) is 0 Å². The smallest absolute Gasteiger partial charge is 0.228 e. The molecule has 20 heavy (non-hydrogen) atoms. The van der Waals surface area contributed by atoms with E-state index in [2.05, 4.69) is 0 Å². The standard InChI is InChI=1S/C10H26N6O4/c11-7-8(12)18-4-2-6-20-10(15,16)9(13,14)19-5-1-3-17-7/h7-8H,1-6,11-16H2. The van der Waals surface area contributed by atoms with Crippen LogP contribution in [0.5, 0.6) is 0 Å². The molecule has 1 heterocycles. The van der Waals surface area contributed by atoms with E-state index in [0.717, 1.165) is 0 Å². The van der Waals surface area contributed by atoms with Crippen LogP contribution in [0.4, 0.5) is 0 Å². The van der Waals surface area contributed by atoms with Crippen LogP contribution in [0.1, 0.15) is 12.8 Å². The Kier molecular flexibility index (Phi) is 6.68. The lowest BCUT2D eigenvalue weighted by molar-refractivity contribution is -0.206. The highest BCUT2D eigenvalue weighted by Gasteiger charge is 2.43. The number of rotatable bonds is 0. The SMILES string of the molecule is NC1OCCCOC(N)(N)C(N)(N)OCCCOC1N. The van der Waals surface area contributed by atoms with Gasteiger partial charge >= 0.3 is 0 Å². The molecular weight excluding hydrogens is 268 g/mol. The van der Waals surface area contributed by atoms with Crippen LogP contribution in [-0.2, 0) is 18.9 Å². The highest BCUT2D eigenvalue weighted by Crippen LogP contribution is 2.11. The van der Waals surface area contributed by atoms with Gasteiger partial charge in [-0.05, 0) is 12.8 Å². The van der Waals surface area contributed by atoms with Crippen molar-refractivity contribution in [2.45, 2.75) is 37.0 Å². The molecule has 12 N–H and O–H groups in total. The Morgan fingerprint density at radius 2 is 1.00 bits per heavy atom. The molecule has 0 aromatic heterocycles. The summed E-state index contributed by atoms with van der Waals surface area (Å²) in [6.07, 6.45) is -0.482. The van der Waals surface area contributed by atoms with E-state index >= 15 is 0 Å². The molecule has 0 spiro atoms. The predicted octanol–water partition coefficient (Wildman–Crippen LogP) is -3.44. The van der Waals surface area contributed by atoms with Crippen LogP contribution in [0.2, 0.25) is 0 Å². The van der Waals surface area contributed by atoms with Gasteiger partial charge < -0.3 is 30.4 Å². The van der Waals surface area contributed by atoms with Crippen LogP contribution in [0.25, 0.3) is 0 Å². The quantitative estimate of drug-likeness (QED) is 0.245. The second-order valence-corrected chi connectivity index (χ2v) is 4.66. The fourth-order valence-electron chi connectivity index (χ4n) is 1.45. The third-order valence-corrected chi connectivity index (χ3v) is 2.81. The van der Waals surface area contributed by atoms with Crippen molar-refractivity contribution >= 4 is 0 Å². The Morgan fingerprint density at radius 1 is 0.650 bits per heavy atom. The van der Waals surface area contributed by atoms with Crippen molar-refractivity contribution < 1.29 is 18.9 Å². The molecule has 10 nitrogen and oxygen atoms in total. The Hall–Kier alpha value is -0.400. The first-order chi connectivity index (χ1) is 9.26. The number of ether oxygens (including phenoxy) is 4. The van der Waals surface area contributed by atoms with Gasteiger partial charge in [-0.3, -0.25) is 22.9 Å². The van der Waals surface area contributed by atoms with Gasteiger partial charge in [0.1, 0.15) is 12.5 Å². The van der Waals surface area contributed by atoms with Gasteiger partial charge in [0.15, 0.2) is 0 Å². The van der Waals surface area contributed by atoms with E-state index in [1.165, 1.54) is 0 Å². The Balaban J connectivity index is 2.58. The molecule has 0 saturated carbocycles. The van der Waals surface area contributed by atoms with Crippen molar-refractivity contribution in [1.82, 2.24) is 0 Å². The molecule has 10 heteroatoms. The maximum absolute atomic E-state index is 5.72. The molecule has 120 valence electrons. The van der Waals surface area contributed by atoms with Crippen LogP contribution in [0.3, 0.4) is 0 Å². The van der Waals surface area contributed by atoms with Crippen molar-refractivity contribution in [3.05, 3.63) is 0 Å². The van der Waals surface area contributed by atoms with E-state index in [1.54, 1.807) is 0 Å². The summed E-state index contributed by atoms with van der Waals surface area (Å²) < 4.78 is 21.1. The van der Waals surface area contributed by atoms with E-state index in [0.29, 0.717) is 26.1 Å². The van der Waals surface area contributed by atoms with Crippen molar-refractivity contribution in [3.8, 4) is 0 Å². The molecule has 0 amide bonds. The van der Waals surface area contributed by atoms with E-state index in [9.17, 15) is 0 Å². The molecule has 2 atom stereocenters. The van der Waals surface area contributed by atoms with Crippen LogP contribution < -0.4 is 34.4 Å². The summed E-state index contributed by atoms with van der Waals surface area (Å²) in [5.41, 5.74) is 34.3. The summed E-state index contributed by atoms with van der Waals surface area (Å²) >= 11 is 0. The molecule has 0 aromatic rings. The first-order valence-electron chi connectivity index (χ1n) is 6.44. The van der Waals surface area contributed by atoms with Crippen molar-refractivity contribution in [2.24, 2.45) is 34.4 Å². The highest BCUT2D eigenvalue weighted by molar-refractivity contribution is 4.84. The molecule has 0 radical (unpaired) electrons. The Labute approximate surface area is 118 Å². The highest BCUT2D eigenvalue weighted by atomic mass is 16.6. The lowest BCUT2D eigenvalue weighted by atomic mass is 10.3. The first kappa shape index (κ1) is 17.7. The van der Waals surface area contributed by atoms with E-state index in [4.69, 9.17) is 53.3 Å². The largest absolute Gasteiger partial charge is 0.359 e. The van der Waals surface area contributed by atoms with Gasteiger partial charge in [-0.1, -0.05) is 0 Å². The molecule has 1 saturated heterocycles. The summed E-state index contributed by atoms with van der Waals surface area (Å²) in [5.74, 6) is -3.65. The number of hydrogen-bond acceptors (Lipinski definition) is 10. The summed E-state index contributed by atoms with van der Waals surface area (Å²) in [6, 6.07) is 0. The van der Waals surface area contributed by atoms with Crippen LogP contribution >= 0.6 is 0 Å². The van der Waals surface area contributed by atoms with Gasteiger partial charge in [-0.15, -0.1) is 0 Å². The van der Waals surface area contributed by atoms with E-state index in [1.807, 2.05) is 0 Å². The maximum atomic E-state index is 5.72.